The first-order valence-corrected chi connectivity index (χ1v) is 7.38. The molecular weight excluding hydrogens is 258 g/mol. The zero-order valence-corrected chi connectivity index (χ0v) is 12.5. The summed E-state index contributed by atoms with van der Waals surface area (Å²) in [6, 6.07) is 12.8. The van der Waals surface area contributed by atoms with E-state index < -0.39 is 0 Å². The van der Waals surface area contributed by atoms with Gasteiger partial charge in [0.2, 0.25) is 0 Å². The second kappa shape index (κ2) is 5.49. The maximum atomic E-state index is 9.20. The Bertz CT molecular complexity index is 738. The van der Waals surface area contributed by atoms with Crippen LogP contribution in [0.5, 0.6) is 0 Å². The van der Waals surface area contributed by atoms with Gasteiger partial charge < -0.3 is 9.88 Å². The molecule has 0 spiro atoms. The fraction of sp³-hybridized carbons (Fsp3) is 0.278. The number of aryl methyl sites for hydroxylation is 2. The van der Waals surface area contributed by atoms with Crippen molar-refractivity contribution in [3.05, 3.63) is 64.6 Å². The molecule has 0 saturated carbocycles. The van der Waals surface area contributed by atoms with Gasteiger partial charge in [0.25, 0.3) is 0 Å². The average Bonchev–Trinajstić information content (AvgIpc) is 2.87. The molecule has 0 amide bonds. The lowest BCUT2D eigenvalue weighted by Gasteiger charge is -2.15. The second-order valence-corrected chi connectivity index (χ2v) is 5.28. The molecule has 1 aromatic heterocycles. The number of allylic oxidation sites excluding steroid dienone is 1. The van der Waals surface area contributed by atoms with Crippen LogP contribution in [0.15, 0.2) is 42.2 Å². The van der Waals surface area contributed by atoms with E-state index in [2.05, 4.69) is 47.1 Å². The van der Waals surface area contributed by atoms with E-state index in [1.54, 1.807) is 0 Å². The van der Waals surface area contributed by atoms with Crippen molar-refractivity contribution in [2.45, 2.75) is 26.3 Å². The molecule has 2 heterocycles. The molecule has 3 nitrogen and oxygen atoms in total. The number of aromatic nitrogens is 1. The maximum absolute atomic E-state index is 9.20. The van der Waals surface area contributed by atoms with Gasteiger partial charge in [-0.3, -0.25) is 0 Å². The van der Waals surface area contributed by atoms with Crippen molar-refractivity contribution in [1.82, 2.24) is 9.88 Å². The number of nitriles is 1. The first-order valence-electron chi connectivity index (χ1n) is 7.38. The van der Waals surface area contributed by atoms with Crippen molar-refractivity contribution in [2.75, 3.05) is 7.05 Å². The summed E-state index contributed by atoms with van der Waals surface area (Å²) >= 11 is 0. The summed E-state index contributed by atoms with van der Waals surface area (Å²) < 4.78 is 2.21. The van der Waals surface area contributed by atoms with Crippen molar-refractivity contribution >= 4 is 5.57 Å². The first kappa shape index (κ1) is 13.5. The van der Waals surface area contributed by atoms with E-state index in [4.69, 9.17) is 0 Å². The van der Waals surface area contributed by atoms with Gasteiger partial charge in [-0.2, -0.15) is 5.26 Å². The summed E-state index contributed by atoms with van der Waals surface area (Å²) in [4.78, 5) is 0. The lowest BCUT2D eigenvalue weighted by Crippen LogP contribution is -2.10. The summed E-state index contributed by atoms with van der Waals surface area (Å²) in [6.45, 7) is 3.07. The third-order valence-corrected chi connectivity index (χ3v) is 4.15. The van der Waals surface area contributed by atoms with E-state index in [1.807, 2.05) is 19.3 Å². The highest BCUT2D eigenvalue weighted by molar-refractivity contribution is 5.83. The van der Waals surface area contributed by atoms with Gasteiger partial charge >= 0.3 is 0 Å². The van der Waals surface area contributed by atoms with Crippen molar-refractivity contribution in [2.24, 2.45) is 0 Å². The smallest absolute Gasteiger partial charge is 0.101 e. The highest BCUT2D eigenvalue weighted by Crippen LogP contribution is 2.34. The number of rotatable bonds is 2. The molecule has 2 aromatic rings. The Morgan fingerprint density at radius 2 is 2.19 bits per heavy atom. The van der Waals surface area contributed by atoms with Gasteiger partial charge in [0.15, 0.2) is 0 Å². The second-order valence-electron chi connectivity index (χ2n) is 5.28. The Morgan fingerprint density at radius 1 is 1.38 bits per heavy atom. The van der Waals surface area contributed by atoms with Crippen LogP contribution in [0.25, 0.3) is 5.57 Å². The summed E-state index contributed by atoms with van der Waals surface area (Å²) in [6.07, 6.45) is 3.89. The van der Waals surface area contributed by atoms with Gasteiger partial charge in [-0.05, 0) is 30.0 Å². The van der Waals surface area contributed by atoms with Crippen LogP contribution in [0.2, 0.25) is 0 Å². The Kier molecular flexibility index (Phi) is 3.53. The largest absolute Gasteiger partial charge is 0.391 e. The normalized spacial score (nSPS) is 15.5. The third-order valence-electron chi connectivity index (χ3n) is 4.15. The minimum absolute atomic E-state index is 0.730. The van der Waals surface area contributed by atoms with E-state index in [0.717, 1.165) is 30.6 Å². The Morgan fingerprint density at radius 3 is 2.90 bits per heavy atom. The topological polar surface area (TPSA) is 40.8 Å². The molecule has 106 valence electrons. The lowest BCUT2D eigenvalue weighted by molar-refractivity contribution is 0.700. The van der Waals surface area contributed by atoms with E-state index in [1.165, 1.54) is 22.4 Å². The van der Waals surface area contributed by atoms with Gasteiger partial charge in [0.05, 0.1) is 11.3 Å². The van der Waals surface area contributed by atoms with Crippen LogP contribution in [0.1, 0.15) is 35.7 Å². The predicted octanol–water partition coefficient (Wildman–Crippen LogP) is 3.30. The zero-order valence-electron chi connectivity index (χ0n) is 12.5. The average molecular weight is 277 g/mol. The minimum Gasteiger partial charge on any atom is -0.391 e. The predicted molar refractivity (Wildman–Crippen MR) is 84.7 cm³/mol. The molecule has 0 unspecified atom stereocenters. The molecule has 0 bridgehead atoms. The molecule has 3 heteroatoms. The zero-order chi connectivity index (χ0) is 14.8. The van der Waals surface area contributed by atoms with Gasteiger partial charge in [-0.1, -0.05) is 31.2 Å². The molecule has 0 atom stereocenters. The Hall–Kier alpha value is -2.47. The van der Waals surface area contributed by atoms with Crippen LogP contribution in [0.3, 0.4) is 0 Å². The van der Waals surface area contributed by atoms with Crippen LogP contribution in [-0.2, 0) is 13.0 Å². The fourth-order valence-electron chi connectivity index (χ4n) is 3.12. The van der Waals surface area contributed by atoms with E-state index in [0.29, 0.717) is 0 Å². The van der Waals surface area contributed by atoms with Crippen molar-refractivity contribution in [3.8, 4) is 6.07 Å². The molecular formula is C18H19N3. The highest BCUT2D eigenvalue weighted by atomic mass is 15.0. The maximum Gasteiger partial charge on any atom is 0.101 e. The third kappa shape index (κ3) is 2.23. The van der Waals surface area contributed by atoms with E-state index in [-0.39, 0.29) is 0 Å². The molecule has 0 saturated heterocycles. The summed E-state index contributed by atoms with van der Waals surface area (Å²) in [5.74, 6) is 0. The van der Waals surface area contributed by atoms with Gasteiger partial charge in [-0.15, -0.1) is 0 Å². The fourth-order valence-corrected chi connectivity index (χ4v) is 3.12. The number of hydrogen-bond donors (Lipinski definition) is 1. The number of nitrogens with one attached hydrogen (secondary N) is 1. The standard InChI is InChI=1S/C18H19N3/c1-3-16(20-2)18-15-7-5-4-6-14(15)8-9-21-12-13(11-19)10-17(18)21/h4-7,10,12,20H,3,8-9H2,1-2H3/b18-16+. The Balaban J connectivity index is 2.32. The van der Waals surface area contributed by atoms with Crippen molar-refractivity contribution in [3.63, 3.8) is 0 Å². The van der Waals surface area contributed by atoms with Crippen LogP contribution in [0, 0.1) is 11.3 Å². The molecule has 1 aromatic carbocycles. The first-order chi connectivity index (χ1) is 10.3. The SMILES string of the molecule is CC/C(NC)=C1/c2ccccc2CCn2cc(C#N)cc21. The summed E-state index contributed by atoms with van der Waals surface area (Å²) in [5.41, 5.74) is 6.97. The van der Waals surface area contributed by atoms with Gasteiger partial charge in [0.1, 0.15) is 6.07 Å². The Labute approximate surface area is 125 Å². The van der Waals surface area contributed by atoms with Crippen molar-refractivity contribution in [1.29, 1.82) is 5.26 Å². The molecule has 3 rings (SSSR count). The number of fused-ring (bicyclic) bond motifs is 2. The summed E-state index contributed by atoms with van der Waals surface area (Å²) in [7, 11) is 1.97. The van der Waals surface area contributed by atoms with Crippen LogP contribution < -0.4 is 5.32 Å². The van der Waals surface area contributed by atoms with E-state index in [9.17, 15) is 5.26 Å². The molecule has 0 fully saturated rings. The van der Waals surface area contributed by atoms with Crippen LogP contribution >= 0.6 is 0 Å². The summed E-state index contributed by atoms with van der Waals surface area (Å²) in [5, 5.41) is 12.5. The monoisotopic (exact) mass is 277 g/mol. The number of nitrogens with zero attached hydrogens (tertiary/aromatic N) is 2. The highest BCUT2D eigenvalue weighted by Gasteiger charge is 2.21. The number of hydrogen-bond acceptors (Lipinski definition) is 2. The number of benzene rings is 1. The van der Waals surface area contributed by atoms with Gasteiger partial charge in [0, 0.05) is 31.1 Å². The quantitative estimate of drug-likeness (QED) is 0.915. The van der Waals surface area contributed by atoms with Crippen LogP contribution in [-0.4, -0.2) is 11.6 Å². The van der Waals surface area contributed by atoms with Gasteiger partial charge in [-0.25, -0.2) is 0 Å². The van der Waals surface area contributed by atoms with E-state index >= 15 is 0 Å². The van der Waals surface area contributed by atoms with Crippen molar-refractivity contribution < 1.29 is 0 Å². The molecule has 0 aliphatic carbocycles. The van der Waals surface area contributed by atoms with Crippen LogP contribution in [0.4, 0.5) is 0 Å². The molecule has 1 aliphatic rings. The minimum atomic E-state index is 0.730. The molecule has 21 heavy (non-hydrogen) atoms. The molecule has 1 aliphatic heterocycles. The lowest BCUT2D eigenvalue weighted by atomic mass is 9.94. The molecule has 0 radical (unpaired) electrons. The molecule has 1 N–H and O–H groups in total.